The fourth-order valence-electron chi connectivity index (χ4n) is 1.80. The summed E-state index contributed by atoms with van der Waals surface area (Å²) in [5, 5.41) is 37.9. The van der Waals surface area contributed by atoms with Crippen molar-refractivity contribution in [2.24, 2.45) is 0 Å². The molecule has 3 unspecified atom stereocenters. The van der Waals surface area contributed by atoms with Gasteiger partial charge in [0.05, 0.1) is 6.61 Å². The molecule has 4 N–H and O–H groups in total. The predicted molar refractivity (Wildman–Crippen MR) is 60.8 cm³/mol. The van der Waals surface area contributed by atoms with Crippen LogP contribution in [0.2, 0.25) is 0 Å². The minimum Gasteiger partial charge on any atom is -0.462 e. The zero-order valence-electron chi connectivity index (χ0n) is 9.59. The van der Waals surface area contributed by atoms with E-state index in [-0.39, 0.29) is 0 Å². The van der Waals surface area contributed by atoms with Crippen molar-refractivity contribution in [3.05, 3.63) is 30.3 Å². The molecule has 18 heavy (non-hydrogen) atoms. The van der Waals surface area contributed by atoms with Crippen LogP contribution in [-0.2, 0) is 4.74 Å². The van der Waals surface area contributed by atoms with E-state index in [1.807, 2.05) is 0 Å². The van der Waals surface area contributed by atoms with Crippen LogP contribution in [0.3, 0.4) is 0 Å². The molecule has 0 amide bonds. The number of rotatable bonds is 3. The highest BCUT2D eigenvalue weighted by atomic mass is 16.7. The van der Waals surface area contributed by atoms with Crippen molar-refractivity contribution in [3.8, 4) is 5.75 Å². The molecule has 6 heteroatoms. The third-order valence-corrected chi connectivity index (χ3v) is 2.84. The zero-order valence-corrected chi connectivity index (χ0v) is 9.59. The molecule has 5 atom stereocenters. The highest BCUT2D eigenvalue weighted by Gasteiger charge is 2.44. The Kier molecular flexibility index (Phi) is 4.15. The van der Waals surface area contributed by atoms with Gasteiger partial charge in [0.15, 0.2) is 0 Å². The van der Waals surface area contributed by atoms with E-state index < -0.39 is 37.3 Å². The molecule has 0 saturated carbocycles. The number of ether oxygens (including phenoxy) is 2. The van der Waals surface area contributed by atoms with Gasteiger partial charge in [-0.1, -0.05) is 18.2 Å². The quantitative estimate of drug-likeness (QED) is 0.546. The monoisotopic (exact) mass is 256 g/mol. The lowest BCUT2D eigenvalue weighted by Gasteiger charge is -2.39. The molecular formula is C12H16O6. The Bertz CT molecular complexity index is 368. The molecular weight excluding hydrogens is 240 g/mol. The maximum Gasteiger partial charge on any atom is 0.229 e. The molecule has 1 heterocycles. The Morgan fingerprint density at radius 3 is 2.28 bits per heavy atom. The molecule has 0 spiro atoms. The molecule has 1 aliphatic rings. The van der Waals surface area contributed by atoms with Crippen LogP contribution in [-0.4, -0.2) is 57.7 Å². The van der Waals surface area contributed by atoms with E-state index in [9.17, 15) is 15.3 Å². The predicted octanol–water partition coefficient (Wildman–Crippen LogP) is -1.13. The van der Waals surface area contributed by atoms with E-state index in [2.05, 4.69) is 0 Å². The number of hydrogen-bond acceptors (Lipinski definition) is 6. The summed E-state index contributed by atoms with van der Waals surface area (Å²) in [7, 11) is 0. The van der Waals surface area contributed by atoms with Crippen molar-refractivity contribution in [1.29, 1.82) is 0 Å². The summed E-state index contributed by atoms with van der Waals surface area (Å²) in [6.07, 6.45) is -6.28. The standard InChI is InChI=1S/C12H16O6/c13-6-8-9(14)10(15)11(16)12(18-8)17-7-4-2-1-3-5-7/h1-5,8-16H,6H2/t8?,9-,10?,11?,12+/m0/s1. The molecule has 0 bridgehead atoms. The zero-order chi connectivity index (χ0) is 13.1. The summed E-state index contributed by atoms with van der Waals surface area (Å²) in [6.45, 7) is -0.473. The first-order valence-corrected chi connectivity index (χ1v) is 5.65. The van der Waals surface area contributed by atoms with Crippen molar-refractivity contribution in [2.75, 3.05) is 6.61 Å². The summed E-state index contributed by atoms with van der Waals surface area (Å²) < 4.78 is 10.6. The van der Waals surface area contributed by atoms with Gasteiger partial charge < -0.3 is 29.9 Å². The van der Waals surface area contributed by atoms with Crippen LogP contribution in [0.1, 0.15) is 0 Å². The number of aliphatic hydroxyl groups is 4. The largest absolute Gasteiger partial charge is 0.462 e. The minimum atomic E-state index is -1.43. The maximum atomic E-state index is 9.74. The molecule has 0 aromatic heterocycles. The van der Waals surface area contributed by atoms with Crippen molar-refractivity contribution in [1.82, 2.24) is 0 Å². The molecule has 1 fully saturated rings. The normalized spacial score (nSPS) is 36.3. The lowest BCUT2D eigenvalue weighted by atomic mass is 9.99. The number of benzene rings is 1. The van der Waals surface area contributed by atoms with Crippen LogP contribution in [0.15, 0.2) is 30.3 Å². The van der Waals surface area contributed by atoms with E-state index in [0.717, 1.165) is 0 Å². The topological polar surface area (TPSA) is 99.4 Å². The highest BCUT2D eigenvalue weighted by Crippen LogP contribution is 2.23. The highest BCUT2D eigenvalue weighted by molar-refractivity contribution is 5.21. The maximum absolute atomic E-state index is 9.74. The van der Waals surface area contributed by atoms with Crippen LogP contribution in [0.4, 0.5) is 0 Å². The van der Waals surface area contributed by atoms with Crippen LogP contribution >= 0.6 is 0 Å². The summed E-state index contributed by atoms with van der Waals surface area (Å²) in [5.74, 6) is 0.460. The first-order chi connectivity index (χ1) is 8.63. The second kappa shape index (κ2) is 5.64. The number of hydrogen-bond donors (Lipinski definition) is 4. The van der Waals surface area contributed by atoms with Gasteiger partial charge in [0.2, 0.25) is 6.29 Å². The van der Waals surface area contributed by atoms with Gasteiger partial charge in [0, 0.05) is 0 Å². The smallest absolute Gasteiger partial charge is 0.229 e. The Hall–Kier alpha value is -1.18. The first-order valence-electron chi connectivity index (χ1n) is 5.65. The number of para-hydroxylation sites is 1. The fourth-order valence-corrected chi connectivity index (χ4v) is 1.80. The van der Waals surface area contributed by atoms with Crippen LogP contribution in [0.25, 0.3) is 0 Å². The third-order valence-electron chi connectivity index (χ3n) is 2.84. The van der Waals surface area contributed by atoms with Crippen molar-refractivity contribution in [2.45, 2.75) is 30.7 Å². The Labute approximate surface area is 104 Å². The molecule has 1 aromatic rings. The van der Waals surface area contributed by atoms with Crippen molar-refractivity contribution >= 4 is 0 Å². The van der Waals surface area contributed by atoms with Crippen LogP contribution < -0.4 is 4.74 Å². The van der Waals surface area contributed by atoms with E-state index in [4.69, 9.17) is 14.6 Å². The van der Waals surface area contributed by atoms with Gasteiger partial charge in [-0.25, -0.2) is 0 Å². The Balaban J connectivity index is 2.08. The average Bonchev–Trinajstić information content (AvgIpc) is 2.40. The van der Waals surface area contributed by atoms with E-state index in [0.29, 0.717) is 5.75 Å². The van der Waals surface area contributed by atoms with Crippen LogP contribution in [0.5, 0.6) is 5.75 Å². The Morgan fingerprint density at radius 1 is 1.00 bits per heavy atom. The molecule has 100 valence electrons. The molecule has 0 aliphatic carbocycles. The average molecular weight is 256 g/mol. The van der Waals surface area contributed by atoms with E-state index >= 15 is 0 Å². The third kappa shape index (κ3) is 2.63. The molecule has 0 radical (unpaired) electrons. The lowest BCUT2D eigenvalue weighted by Crippen LogP contribution is -2.60. The van der Waals surface area contributed by atoms with Crippen molar-refractivity contribution in [3.63, 3.8) is 0 Å². The number of aliphatic hydroxyl groups excluding tert-OH is 4. The second-order valence-corrected chi connectivity index (χ2v) is 4.13. The molecule has 1 aliphatic heterocycles. The van der Waals surface area contributed by atoms with Gasteiger partial charge in [-0.2, -0.15) is 0 Å². The second-order valence-electron chi connectivity index (χ2n) is 4.13. The fraction of sp³-hybridized carbons (Fsp3) is 0.500. The molecule has 6 nitrogen and oxygen atoms in total. The van der Waals surface area contributed by atoms with E-state index in [1.54, 1.807) is 30.3 Å². The van der Waals surface area contributed by atoms with Crippen molar-refractivity contribution < 1.29 is 29.9 Å². The van der Waals surface area contributed by atoms with Gasteiger partial charge in [-0.15, -0.1) is 0 Å². The lowest BCUT2D eigenvalue weighted by molar-refractivity contribution is -0.277. The summed E-state index contributed by atoms with van der Waals surface area (Å²) in [5.41, 5.74) is 0. The van der Waals surface area contributed by atoms with Gasteiger partial charge in [0.1, 0.15) is 30.2 Å². The van der Waals surface area contributed by atoms with Gasteiger partial charge in [0.25, 0.3) is 0 Å². The Morgan fingerprint density at radius 2 is 1.67 bits per heavy atom. The summed E-state index contributed by atoms with van der Waals surface area (Å²) in [6, 6.07) is 8.64. The summed E-state index contributed by atoms with van der Waals surface area (Å²) >= 11 is 0. The van der Waals surface area contributed by atoms with Gasteiger partial charge >= 0.3 is 0 Å². The first kappa shape index (κ1) is 13.3. The van der Waals surface area contributed by atoms with Crippen LogP contribution in [0, 0.1) is 0 Å². The summed E-state index contributed by atoms with van der Waals surface area (Å²) in [4.78, 5) is 0. The molecule has 1 saturated heterocycles. The van der Waals surface area contributed by atoms with Gasteiger partial charge in [-0.3, -0.25) is 0 Å². The molecule has 2 rings (SSSR count). The van der Waals surface area contributed by atoms with E-state index in [1.165, 1.54) is 0 Å². The minimum absolute atomic E-state index is 0.460. The molecule has 1 aromatic carbocycles. The SMILES string of the molecule is OCC1O[C@@H](Oc2ccccc2)C(O)C(O)[C@H]1O. The van der Waals surface area contributed by atoms with Gasteiger partial charge in [-0.05, 0) is 12.1 Å².